The molecule has 3 atom stereocenters. The van der Waals surface area contributed by atoms with Crippen LogP contribution in [0.4, 0.5) is 0 Å². The minimum atomic E-state index is 0.873. The average molecular weight is 179 g/mol. The Morgan fingerprint density at radius 3 is 2.23 bits per heavy atom. The second-order valence-electron chi connectivity index (χ2n) is 5.39. The molecule has 0 spiro atoms. The minimum Gasteiger partial charge on any atom is -0.317 e. The topological polar surface area (TPSA) is 12.0 Å². The highest BCUT2D eigenvalue weighted by atomic mass is 14.9. The van der Waals surface area contributed by atoms with Gasteiger partial charge in [-0.25, -0.2) is 0 Å². The van der Waals surface area contributed by atoms with Crippen LogP contribution in [0.1, 0.15) is 38.5 Å². The highest BCUT2D eigenvalue weighted by Gasteiger charge is 2.49. The zero-order valence-electron chi connectivity index (χ0n) is 8.63. The highest BCUT2D eigenvalue weighted by Crippen LogP contribution is 2.55. The Kier molecular flexibility index (Phi) is 1.90. The van der Waals surface area contributed by atoms with E-state index in [1.807, 2.05) is 0 Å². The van der Waals surface area contributed by atoms with Crippen molar-refractivity contribution in [3.8, 4) is 0 Å². The quantitative estimate of drug-likeness (QED) is 0.652. The monoisotopic (exact) mass is 179 g/mol. The van der Waals surface area contributed by atoms with Crippen LogP contribution in [0.3, 0.4) is 0 Å². The predicted molar refractivity (Wildman–Crippen MR) is 54.5 cm³/mol. The van der Waals surface area contributed by atoms with Gasteiger partial charge in [-0.2, -0.15) is 0 Å². The molecule has 0 aliphatic heterocycles. The molecule has 13 heavy (non-hydrogen) atoms. The number of rotatable bonds is 1. The third-order valence-electron chi connectivity index (χ3n) is 5.11. The molecule has 3 unspecified atom stereocenters. The predicted octanol–water partition coefficient (Wildman–Crippen LogP) is 2.42. The maximum Gasteiger partial charge on any atom is 0.00978 e. The van der Waals surface area contributed by atoms with Gasteiger partial charge in [-0.3, -0.25) is 0 Å². The average Bonchev–Trinajstić information content (AvgIpc) is 2.64. The molecule has 1 nitrogen and oxygen atoms in total. The molecule has 2 bridgehead atoms. The molecule has 0 saturated heterocycles. The first-order valence-electron chi connectivity index (χ1n) is 6.07. The molecule has 4 saturated carbocycles. The summed E-state index contributed by atoms with van der Waals surface area (Å²) in [4.78, 5) is 0. The van der Waals surface area contributed by atoms with Crippen molar-refractivity contribution in [3.05, 3.63) is 0 Å². The molecule has 74 valence electrons. The van der Waals surface area contributed by atoms with E-state index in [4.69, 9.17) is 0 Å². The van der Waals surface area contributed by atoms with Crippen molar-refractivity contribution in [1.82, 2.24) is 5.32 Å². The molecule has 1 N–H and O–H groups in total. The molecule has 0 radical (unpaired) electrons. The second-order valence-corrected chi connectivity index (χ2v) is 5.39. The largest absolute Gasteiger partial charge is 0.317 e. The Hall–Kier alpha value is -0.0400. The van der Waals surface area contributed by atoms with Gasteiger partial charge in [0.15, 0.2) is 0 Å². The molecule has 0 amide bonds. The van der Waals surface area contributed by atoms with E-state index in [9.17, 15) is 0 Å². The second kappa shape index (κ2) is 2.98. The first-order chi connectivity index (χ1) is 6.40. The SMILES string of the molecule is CNC1CCC2C3CCC(CC3)C12. The van der Waals surface area contributed by atoms with Gasteiger partial charge in [-0.15, -0.1) is 0 Å². The summed E-state index contributed by atoms with van der Waals surface area (Å²) in [5.41, 5.74) is 0. The first kappa shape index (κ1) is 8.28. The lowest BCUT2D eigenvalue weighted by Crippen LogP contribution is -2.44. The molecular formula is C12H21N. The summed E-state index contributed by atoms with van der Waals surface area (Å²) >= 11 is 0. The summed E-state index contributed by atoms with van der Waals surface area (Å²) in [5, 5.41) is 3.55. The van der Waals surface area contributed by atoms with Gasteiger partial charge in [0.25, 0.3) is 0 Å². The molecule has 0 aromatic heterocycles. The summed E-state index contributed by atoms with van der Waals surface area (Å²) in [6.07, 6.45) is 9.19. The van der Waals surface area contributed by atoms with Crippen LogP contribution in [0.25, 0.3) is 0 Å². The molecule has 0 aromatic rings. The molecule has 4 rings (SSSR count). The zero-order valence-corrected chi connectivity index (χ0v) is 8.63. The van der Waals surface area contributed by atoms with E-state index in [-0.39, 0.29) is 0 Å². The van der Waals surface area contributed by atoms with Gasteiger partial charge in [-0.1, -0.05) is 0 Å². The molecule has 0 heterocycles. The molecular weight excluding hydrogens is 158 g/mol. The lowest BCUT2D eigenvalue weighted by atomic mass is 9.59. The maximum atomic E-state index is 3.55. The zero-order chi connectivity index (χ0) is 8.84. The highest BCUT2D eigenvalue weighted by molar-refractivity contribution is 5.01. The molecule has 4 aliphatic rings. The van der Waals surface area contributed by atoms with Crippen molar-refractivity contribution < 1.29 is 0 Å². The van der Waals surface area contributed by atoms with Crippen LogP contribution in [-0.2, 0) is 0 Å². The smallest absolute Gasteiger partial charge is 0.00978 e. The maximum absolute atomic E-state index is 3.55. The summed E-state index contributed by atoms with van der Waals surface area (Å²) < 4.78 is 0. The van der Waals surface area contributed by atoms with Crippen LogP contribution < -0.4 is 5.32 Å². The lowest BCUT2D eigenvalue weighted by molar-refractivity contribution is 0.0340. The van der Waals surface area contributed by atoms with Gasteiger partial charge < -0.3 is 5.32 Å². The van der Waals surface area contributed by atoms with Gasteiger partial charge in [0.1, 0.15) is 0 Å². The van der Waals surface area contributed by atoms with Crippen molar-refractivity contribution in [2.45, 2.75) is 44.6 Å². The fourth-order valence-electron chi connectivity index (χ4n) is 4.58. The van der Waals surface area contributed by atoms with Crippen molar-refractivity contribution in [2.24, 2.45) is 23.7 Å². The number of hydrogen-bond acceptors (Lipinski definition) is 1. The number of fused-ring (bicyclic) bond motifs is 2. The van der Waals surface area contributed by atoms with Crippen LogP contribution in [0, 0.1) is 23.7 Å². The first-order valence-corrected chi connectivity index (χ1v) is 6.07. The lowest BCUT2D eigenvalue weighted by Gasteiger charge is -2.47. The van der Waals surface area contributed by atoms with Crippen LogP contribution in [0.15, 0.2) is 0 Å². The molecule has 4 fully saturated rings. The fraction of sp³-hybridized carbons (Fsp3) is 1.00. The van der Waals surface area contributed by atoms with Crippen molar-refractivity contribution in [2.75, 3.05) is 7.05 Å². The van der Waals surface area contributed by atoms with Gasteiger partial charge >= 0.3 is 0 Å². The van der Waals surface area contributed by atoms with Crippen LogP contribution >= 0.6 is 0 Å². The van der Waals surface area contributed by atoms with Crippen molar-refractivity contribution >= 4 is 0 Å². The van der Waals surface area contributed by atoms with E-state index in [1.165, 1.54) is 12.8 Å². The Labute approximate surface area is 81.3 Å². The summed E-state index contributed by atoms with van der Waals surface area (Å²) in [6.45, 7) is 0. The number of hydrogen-bond donors (Lipinski definition) is 1. The van der Waals surface area contributed by atoms with Crippen molar-refractivity contribution in [3.63, 3.8) is 0 Å². The molecule has 0 aromatic carbocycles. The Balaban J connectivity index is 1.85. The third-order valence-corrected chi connectivity index (χ3v) is 5.11. The van der Waals surface area contributed by atoms with Crippen LogP contribution in [0.5, 0.6) is 0 Å². The summed E-state index contributed by atoms with van der Waals surface area (Å²) in [7, 11) is 2.16. The van der Waals surface area contributed by atoms with E-state index in [2.05, 4.69) is 12.4 Å². The Morgan fingerprint density at radius 1 is 0.846 bits per heavy atom. The Bertz CT molecular complexity index is 193. The van der Waals surface area contributed by atoms with Gasteiger partial charge in [0.2, 0.25) is 0 Å². The molecule has 4 aliphatic carbocycles. The summed E-state index contributed by atoms with van der Waals surface area (Å²) in [5.74, 6) is 4.39. The van der Waals surface area contributed by atoms with Crippen molar-refractivity contribution in [1.29, 1.82) is 0 Å². The van der Waals surface area contributed by atoms with Gasteiger partial charge in [0, 0.05) is 6.04 Å². The normalized spacial score (nSPS) is 53.8. The fourth-order valence-corrected chi connectivity index (χ4v) is 4.58. The van der Waals surface area contributed by atoms with Gasteiger partial charge in [-0.05, 0) is 69.2 Å². The molecule has 1 heteroatoms. The van der Waals surface area contributed by atoms with Gasteiger partial charge in [0.05, 0.1) is 0 Å². The Morgan fingerprint density at radius 2 is 1.54 bits per heavy atom. The van der Waals surface area contributed by atoms with E-state index in [0.717, 1.165) is 29.7 Å². The van der Waals surface area contributed by atoms with Crippen LogP contribution in [0.2, 0.25) is 0 Å². The number of nitrogens with one attached hydrogen (secondary N) is 1. The summed E-state index contributed by atoms with van der Waals surface area (Å²) in [6, 6.07) is 0.873. The van der Waals surface area contributed by atoms with E-state index >= 15 is 0 Å². The van der Waals surface area contributed by atoms with Crippen LogP contribution in [-0.4, -0.2) is 13.1 Å². The minimum absolute atomic E-state index is 0.873. The van der Waals surface area contributed by atoms with E-state index in [0.29, 0.717) is 0 Å². The standard InChI is InChI=1S/C12H21N/c1-13-11-7-6-10-8-2-4-9(5-3-8)12(10)11/h8-13H,2-7H2,1H3. The van der Waals surface area contributed by atoms with E-state index < -0.39 is 0 Å². The van der Waals surface area contributed by atoms with E-state index in [1.54, 1.807) is 25.7 Å². The third kappa shape index (κ3) is 1.09.